The molecular weight excluding hydrogens is 416 g/mol. The van der Waals surface area contributed by atoms with Gasteiger partial charge in [0.05, 0.1) is 21.3 Å². The summed E-state index contributed by atoms with van der Waals surface area (Å²) in [6.45, 7) is 4.03. The number of rotatable bonds is 3. The minimum absolute atomic E-state index is 0.00660. The summed E-state index contributed by atoms with van der Waals surface area (Å²) in [4.78, 5) is 20.2. The first-order chi connectivity index (χ1) is 14.4. The fraction of sp³-hybridized carbons (Fsp3) is 0.0833. The molecule has 1 amide bonds. The fourth-order valence-corrected chi connectivity index (χ4v) is 4.15. The van der Waals surface area contributed by atoms with Crippen molar-refractivity contribution in [1.82, 2.24) is 0 Å². The third-order valence-corrected chi connectivity index (χ3v) is 5.90. The van der Waals surface area contributed by atoms with E-state index in [1.165, 1.54) is 17.8 Å². The van der Waals surface area contributed by atoms with Crippen molar-refractivity contribution in [1.29, 1.82) is 0 Å². The first-order valence-corrected chi connectivity index (χ1v) is 10.5. The van der Waals surface area contributed by atoms with Crippen LogP contribution >= 0.6 is 23.4 Å². The highest BCUT2D eigenvalue weighted by atomic mass is 35.5. The van der Waals surface area contributed by atoms with Crippen LogP contribution in [0.4, 0.5) is 11.4 Å². The smallest absolute Gasteiger partial charge is 0.271 e. The number of halogens is 1. The number of nitrogens with zero attached hydrogens (tertiary/aromatic N) is 2. The summed E-state index contributed by atoms with van der Waals surface area (Å²) in [7, 11) is 0. The topological polar surface area (TPSA) is 52.9 Å². The molecule has 0 saturated carbocycles. The second-order valence-corrected chi connectivity index (χ2v) is 8.44. The zero-order valence-corrected chi connectivity index (χ0v) is 18.0. The Morgan fingerprint density at radius 1 is 0.967 bits per heavy atom. The van der Waals surface area contributed by atoms with Gasteiger partial charge in [-0.3, -0.25) is 9.69 Å². The van der Waals surface area contributed by atoms with Crippen LogP contribution in [0.25, 0.3) is 6.08 Å². The monoisotopic (exact) mass is 434 g/mol. The summed E-state index contributed by atoms with van der Waals surface area (Å²) in [6.07, 6.45) is 1.76. The molecule has 150 valence electrons. The van der Waals surface area contributed by atoms with Gasteiger partial charge in [-0.05, 0) is 73.6 Å². The van der Waals surface area contributed by atoms with Gasteiger partial charge in [0.2, 0.25) is 0 Å². The number of hydrogen-bond donors (Lipinski definition) is 1. The molecule has 0 spiro atoms. The Morgan fingerprint density at radius 2 is 1.60 bits per heavy atom. The van der Waals surface area contributed by atoms with Gasteiger partial charge in [0.1, 0.15) is 5.75 Å². The van der Waals surface area contributed by atoms with E-state index in [-0.39, 0.29) is 16.7 Å². The van der Waals surface area contributed by atoms with Crippen molar-refractivity contribution < 1.29 is 9.90 Å². The lowest BCUT2D eigenvalue weighted by Crippen LogP contribution is -2.28. The number of phenolic OH excluding ortho intramolecular Hbond substituents is 1. The number of aryl methyl sites for hydroxylation is 2. The Hall–Kier alpha value is -3.02. The van der Waals surface area contributed by atoms with Gasteiger partial charge in [-0.2, -0.15) is 0 Å². The zero-order chi connectivity index (χ0) is 21.3. The minimum atomic E-state index is -0.154. The van der Waals surface area contributed by atoms with Crippen LogP contribution in [0.3, 0.4) is 0 Å². The van der Waals surface area contributed by atoms with Crippen LogP contribution in [0.5, 0.6) is 5.75 Å². The van der Waals surface area contributed by atoms with Gasteiger partial charge in [-0.25, -0.2) is 4.99 Å². The molecule has 0 aliphatic carbocycles. The largest absolute Gasteiger partial charge is 0.506 e. The van der Waals surface area contributed by atoms with E-state index in [1.807, 2.05) is 62.4 Å². The molecule has 1 N–H and O–H groups in total. The Bertz CT molecular complexity index is 1170. The highest BCUT2D eigenvalue weighted by Crippen LogP contribution is 2.38. The van der Waals surface area contributed by atoms with Crippen LogP contribution in [0.1, 0.15) is 16.7 Å². The molecule has 6 heteroatoms. The molecule has 0 atom stereocenters. The summed E-state index contributed by atoms with van der Waals surface area (Å²) in [5.41, 5.74) is 4.53. The summed E-state index contributed by atoms with van der Waals surface area (Å²) in [5.74, 6) is -0.147. The normalized spacial score (nSPS) is 16.6. The molecule has 1 aliphatic heterocycles. The summed E-state index contributed by atoms with van der Waals surface area (Å²) < 4.78 is 0. The van der Waals surface area contributed by atoms with Crippen LogP contribution in [0.15, 0.2) is 76.6 Å². The van der Waals surface area contributed by atoms with Crippen molar-refractivity contribution in [3.8, 4) is 5.75 Å². The molecule has 30 heavy (non-hydrogen) atoms. The van der Waals surface area contributed by atoms with E-state index in [9.17, 15) is 9.90 Å². The van der Waals surface area contributed by atoms with E-state index >= 15 is 0 Å². The van der Waals surface area contributed by atoms with E-state index in [4.69, 9.17) is 16.6 Å². The molecule has 3 aromatic carbocycles. The number of amides is 1. The molecule has 1 aliphatic rings. The van der Waals surface area contributed by atoms with Crippen LogP contribution in [0, 0.1) is 13.8 Å². The molecule has 4 rings (SSSR count). The van der Waals surface area contributed by atoms with Gasteiger partial charge in [-0.1, -0.05) is 53.1 Å². The Balaban J connectivity index is 1.77. The Kier molecular flexibility index (Phi) is 5.66. The lowest BCUT2D eigenvalue weighted by molar-refractivity contribution is -0.113. The highest BCUT2D eigenvalue weighted by Gasteiger charge is 2.34. The average molecular weight is 435 g/mol. The van der Waals surface area contributed by atoms with E-state index in [1.54, 1.807) is 23.1 Å². The second-order valence-electron chi connectivity index (χ2n) is 7.03. The van der Waals surface area contributed by atoms with Crippen LogP contribution in [-0.4, -0.2) is 16.2 Å². The summed E-state index contributed by atoms with van der Waals surface area (Å²) >= 11 is 7.33. The van der Waals surface area contributed by atoms with Crippen LogP contribution < -0.4 is 4.90 Å². The van der Waals surface area contributed by atoms with E-state index in [0.717, 1.165) is 28.1 Å². The number of amidine groups is 1. The number of aliphatic imine (C=N–C) groups is 1. The van der Waals surface area contributed by atoms with Gasteiger partial charge in [0.15, 0.2) is 5.17 Å². The van der Waals surface area contributed by atoms with Crippen molar-refractivity contribution in [2.45, 2.75) is 13.8 Å². The van der Waals surface area contributed by atoms with Gasteiger partial charge in [0.25, 0.3) is 5.91 Å². The summed E-state index contributed by atoms with van der Waals surface area (Å²) in [5, 5.41) is 10.5. The number of aromatic hydroxyl groups is 1. The van der Waals surface area contributed by atoms with Gasteiger partial charge in [-0.15, -0.1) is 0 Å². The molecule has 3 aromatic rings. The average Bonchev–Trinajstić information content (AvgIpc) is 3.02. The van der Waals surface area contributed by atoms with E-state index in [0.29, 0.717) is 10.1 Å². The maximum absolute atomic E-state index is 13.3. The van der Waals surface area contributed by atoms with Crippen molar-refractivity contribution >= 4 is 51.9 Å². The van der Waals surface area contributed by atoms with Gasteiger partial charge >= 0.3 is 0 Å². The number of carbonyl (C=O) groups excluding carboxylic acids is 1. The van der Waals surface area contributed by atoms with Crippen molar-refractivity contribution in [3.05, 3.63) is 93.3 Å². The number of benzene rings is 3. The second kappa shape index (κ2) is 8.38. The SMILES string of the molecule is Cc1ccc(N=C2S/C(=C\c3ccc(O)c(Cl)c3)C(=O)N2c2ccc(C)cc2)cc1. The number of thioether (sulfide) groups is 1. The predicted molar refractivity (Wildman–Crippen MR) is 126 cm³/mol. The van der Waals surface area contributed by atoms with Gasteiger partial charge in [0, 0.05) is 0 Å². The standard InChI is InChI=1S/C24H19ClN2O2S/c1-15-3-8-18(9-4-15)26-24-27(19-10-5-16(2)6-11-19)23(29)22(30-24)14-17-7-12-21(28)20(25)13-17/h3-14,28H,1-2H3/b22-14-,26-24?. The molecule has 1 saturated heterocycles. The third kappa shape index (κ3) is 4.27. The maximum atomic E-state index is 13.3. The number of anilines is 1. The van der Waals surface area contributed by atoms with E-state index < -0.39 is 0 Å². The maximum Gasteiger partial charge on any atom is 0.271 e. The molecule has 0 radical (unpaired) electrons. The molecule has 0 unspecified atom stereocenters. The molecule has 1 heterocycles. The zero-order valence-electron chi connectivity index (χ0n) is 16.5. The first kappa shape index (κ1) is 20.3. The Labute approximate surface area is 184 Å². The third-order valence-electron chi connectivity index (χ3n) is 4.63. The van der Waals surface area contributed by atoms with Crippen LogP contribution in [0.2, 0.25) is 5.02 Å². The van der Waals surface area contributed by atoms with E-state index in [2.05, 4.69) is 0 Å². The number of carbonyl (C=O) groups is 1. The quantitative estimate of drug-likeness (QED) is 0.480. The fourth-order valence-electron chi connectivity index (χ4n) is 2.96. The Morgan fingerprint density at radius 3 is 2.23 bits per heavy atom. The van der Waals surface area contributed by atoms with Crippen molar-refractivity contribution in [2.75, 3.05) is 4.90 Å². The molecule has 4 nitrogen and oxygen atoms in total. The summed E-state index contributed by atoms with van der Waals surface area (Å²) in [6, 6.07) is 20.5. The number of phenols is 1. The first-order valence-electron chi connectivity index (χ1n) is 9.35. The van der Waals surface area contributed by atoms with Crippen molar-refractivity contribution in [2.24, 2.45) is 4.99 Å². The minimum Gasteiger partial charge on any atom is -0.506 e. The van der Waals surface area contributed by atoms with Crippen molar-refractivity contribution in [3.63, 3.8) is 0 Å². The van der Waals surface area contributed by atoms with Crippen LogP contribution in [-0.2, 0) is 4.79 Å². The number of hydrogen-bond acceptors (Lipinski definition) is 4. The van der Waals surface area contributed by atoms with Gasteiger partial charge < -0.3 is 5.11 Å². The highest BCUT2D eigenvalue weighted by molar-refractivity contribution is 8.19. The molecule has 0 aromatic heterocycles. The lowest BCUT2D eigenvalue weighted by Gasteiger charge is -2.16. The predicted octanol–water partition coefficient (Wildman–Crippen LogP) is 6.47. The molecular formula is C24H19ClN2O2S. The molecule has 0 bridgehead atoms. The molecule has 1 fully saturated rings. The lowest BCUT2D eigenvalue weighted by atomic mass is 10.2.